The average Bonchev–Trinajstić information content (AvgIpc) is 2.91. The third-order valence-electron chi connectivity index (χ3n) is 3.62. The highest BCUT2D eigenvalue weighted by atomic mass is 79.9. The zero-order chi connectivity index (χ0) is 17.1. The number of rotatable bonds is 5. The molecule has 0 radical (unpaired) electrons. The van der Waals surface area contributed by atoms with Crippen LogP contribution in [-0.2, 0) is 6.54 Å². The number of para-hydroxylation sites is 1. The van der Waals surface area contributed by atoms with Crippen molar-refractivity contribution in [2.24, 2.45) is 0 Å². The first kappa shape index (κ1) is 16.6. The molecule has 0 bridgehead atoms. The third kappa shape index (κ3) is 3.62. The largest absolute Gasteiger partial charge is 0.491 e. The SMILES string of the molecule is CC(C)Oc1ccc(CNC(=O)c2[nH]c3ccccc3c2Br)cc1. The summed E-state index contributed by atoms with van der Waals surface area (Å²) in [7, 11) is 0. The van der Waals surface area contributed by atoms with Gasteiger partial charge in [-0.05, 0) is 53.5 Å². The van der Waals surface area contributed by atoms with Crippen molar-refractivity contribution in [3.63, 3.8) is 0 Å². The second-order valence-electron chi connectivity index (χ2n) is 5.85. The number of benzene rings is 2. The predicted molar refractivity (Wildman–Crippen MR) is 99.4 cm³/mol. The first-order valence-electron chi connectivity index (χ1n) is 7.84. The number of fused-ring (bicyclic) bond motifs is 1. The van der Waals surface area contributed by atoms with Gasteiger partial charge < -0.3 is 15.0 Å². The van der Waals surface area contributed by atoms with Crippen molar-refractivity contribution >= 4 is 32.7 Å². The number of ether oxygens (including phenoxy) is 1. The molecular formula is C19H19BrN2O2. The number of aromatic nitrogens is 1. The molecule has 2 aromatic carbocycles. The highest BCUT2D eigenvalue weighted by Crippen LogP contribution is 2.27. The Kier molecular flexibility index (Phi) is 4.90. The molecule has 1 amide bonds. The molecule has 0 saturated heterocycles. The molecule has 0 aliphatic rings. The van der Waals surface area contributed by atoms with E-state index in [4.69, 9.17) is 4.74 Å². The van der Waals surface area contributed by atoms with E-state index < -0.39 is 0 Å². The average molecular weight is 387 g/mol. The van der Waals surface area contributed by atoms with E-state index in [-0.39, 0.29) is 12.0 Å². The van der Waals surface area contributed by atoms with Gasteiger partial charge >= 0.3 is 0 Å². The number of H-pyrrole nitrogens is 1. The van der Waals surface area contributed by atoms with Gasteiger partial charge in [0.05, 0.1) is 10.6 Å². The maximum absolute atomic E-state index is 12.4. The molecule has 0 unspecified atom stereocenters. The summed E-state index contributed by atoms with van der Waals surface area (Å²) in [5.41, 5.74) is 2.49. The van der Waals surface area contributed by atoms with Gasteiger partial charge in [0.25, 0.3) is 5.91 Å². The summed E-state index contributed by atoms with van der Waals surface area (Å²) in [6.07, 6.45) is 0.148. The molecule has 0 spiro atoms. The Bertz CT molecular complexity index is 853. The fraction of sp³-hybridized carbons (Fsp3) is 0.211. The van der Waals surface area contributed by atoms with Crippen LogP contribution < -0.4 is 10.1 Å². The van der Waals surface area contributed by atoms with Crippen molar-refractivity contribution in [2.45, 2.75) is 26.5 Å². The van der Waals surface area contributed by atoms with Crippen LogP contribution in [0.3, 0.4) is 0 Å². The van der Waals surface area contributed by atoms with Crippen molar-refractivity contribution < 1.29 is 9.53 Å². The standard InChI is InChI=1S/C19H19BrN2O2/c1-12(2)24-14-9-7-13(8-10-14)11-21-19(23)18-17(20)15-5-3-4-6-16(15)22-18/h3-10,12,22H,11H2,1-2H3,(H,21,23). The maximum atomic E-state index is 12.4. The van der Waals surface area contributed by atoms with E-state index in [1.807, 2.05) is 62.4 Å². The molecule has 5 heteroatoms. The van der Waals surface area contributed by atoms with Gasteiger partial charge in [-0.2, -0.15) is 0 Å². The maximum Gasteiger partial charge on any atom is 0.269 e. The number of halogens is 1. The number of amides is 1. The van der Waals surface area contributed by atoms with Crippen LogP contribution >= 0.6 is 15.9 Å². The summed E-state index contributed by atoms with van der Waals surface area (Å²) in [6, 6.07) is 15.6. The fourth-order valence-electron chi connectivity index (χ4n) is 2.49. The van der Waals surface area contributed by atoms with E-state index in [2.05, 4.69) is 26.2 Å². The summed E-state index contributed by atoms with van der Waals surface area (Å²) in [6.45, 7) is 4.45. The zero-order valence-electron chi connectivity index (χ0n) is 13.6. The van der Waals surface area contributed by atoms with E-state index >= 15 is 0 Å². The van der Waals surface area contributed by atoms with E-state index in [0.29, 0.717) is 12.2 Å². The molecule has 1 aromatic heterocycles. The van der Waals surface area contributed by atoms with Gasteiger partial charge in [-0.3, -0.25) is 4.79 Å². The molecule has 2 N–H and O–H groups in total. The first-order chi connectivity index (χ1) is 11.5. The molecule has 4 nitrogen and oxygen atoms in total. The molecule has 0 aliphatic heterocycles. The normalized spacial score (nSPS) is 11.0. The number of carbonyl (C=O) groups excluding carboxylic acids is 1. The Hall–Kier alpha value is -2.27. The van der Waals surface area contributed by atoms with E-state index in [1.54, 1.807) is 0 Å². The quantitative estimate of drug-likeness (QED) is 0.670. The summed E-state index contributed by atoms with van der Waals surface area (Å²) < 4.78 is 6.40. The van der Waals surface area contributed by atoms with Crippen molar-refractivity contribution in [1.82, 2.24) is 10.3 Å². The van der Waals surface area contributed by atoms with Gasteiger partial charge in [0, 0.05) is 17.4 Å². The molecule has 3 rings (SSSR count). The van der Waals surface area contributed by atoms with Gasteiger partial charge in [0.15, 0.2) is 0 Å². The van der Waals surface area contributed by atoms with Gasteiger partial charge in [-0.15, -0.1) is 0 Å². The second-order valence-corrected chi connectivity index (χ2v) is 6.65. The highest BCUT2D eigenvalue weighted by Gasteiger charge is 2.15. The Balaban J connectivity index is 1.67. The minimum atomic E-state index is -0.138. The number of hydrogen-bond acceptors (Lipinski definition) is 2. The van der Waals surface area contributed by atoms with Crippen LogP contribution in [0.15, 0.2) is 53.0 Å². The van der Waals surface area contributed by atoms with Crippen LogP contribution in [0.1, 0.15) is 29.9 Å². The molecule has 1 heterocycles. The van der Waals surface area contributed by atoms with Crippen molar-refractivity contribution in [2.75, 3.05) is 0 Å². The number of hydrogen-bond donors (Lipinski definition) is 2. The fourth-order valence-corrected chi connectivity index (χ4v) is 3.12. The summed E-state index contributed by atoms with van der Waals surface area (Å²) >= 11 is 3.50. The Morgan fingerprint density at radius 3 is 2.54 bits per heavy atom. The van der Waals surface area contributed by atoms with Gasteiger partial charge in [-0.25, -0.2) is 0 Å². The van der Waals surface area contributed by atoms with Gasteiger partial charge in [0.1, 0.15) is 11.4 Å². The lowest BCUT2D eigenvalue weighted by atomic mass is 10.2. The zero-order valence-corrected chi connectivity index (χ0v) is 15.2. The Labute approximate surface area is 149 Å². The van der Waals surface area contributed by atoms with Crippen molar-refractivity contribution in [3.05, 3.63) is 64.3 Å². The summed E-state index contributed by atoms with van der Waals surface area (Å²) in [4.78, 5) is 15.6. The Morgan fingerprint density at radius 1 is 1.17 bits per heavy atom. The summed E-state index contributed by atoms with van der Waals surface area (Å²) in [5.74, 6) is 0.694. The van der Waals surface area contributed by atoms with E-state index in [9.17, 15) is 4.79 Å². The third-order valence-corrected chi connectivity index (χ3v) is 4.44. The van der Waals surface area contributed by atoms with Crippen LogP contribution in [-0.4, -0.2) is 17.0 Å². The lowest BCUT2D eigenvalue weighted by Gasteiger charge is -2.10. The summed E-state index contributed by atoms with van der Waals surface area (Å²) in [5, 5.41) is 3.93. The molecule has 3 aromatic rings. The topological polar surface area (TPSA) is 54.1 Å². The van der Waals surface area contributed by atoms with Crippen LogP contribution in [0.4, 0.5) is 0 Å². The van der Waals surface area contributed by atoms with Crippen molar-refractivity contribution in [1.29, 1.82) is 0 Å². The van der Waals surface area contributed by atoms with Crippen LogP contribution in [0.5, 0.6) is 5.75 Å². The molecule has 0 saturated carbocycles. The van der Waals surface area contributed by atoms with Crippen LogP contribution in [0.25, 0.3) is 10.9 Å². The van der Waals surface area contributed by atoms with Crippen LogP contribution in [0.2, 0.25) is 0 Å². The molecule has 0 atom stereocenters. The van der Waals surface area contributed by atoms with Crippen molar-refractivity contribution in [3.8, 4) is 5.75 Å². The Morgan fingerprint density at radius 2 is 1.88 bits per heavy atom. The number of aromatic amines is 1. The van der Waals surface area contributed by atoms with Crippen LogP contribution in [0, 0.1) is 0 Å². The second kappa shape index (κ2) is 7.09. The predicted octanol–water partition coefficient (Wildman–Crippen LogP) is 4.65. The number of nitrogens with one attached hydrogen (secondary N) is 2. The van der Waals surface area contributed by atoms with E-state index in [0.717, 1.165) is 26.7 Å². The molecule has 0 aliphatic carbocycles. The minimum absolute atomic E-state index is 0.138. The molecular weight excluding hydrogens is 368 g/mol. The van der Waals surface area contributed by atoms with E-state index in [1.165, 1.54) is 0 Å². The molecule has 0 fully saturated rings. The lowest BCUT2D eigenvalue weighted by Crippen LogP contribution is -2.23. The van der Waals surface area contributed by atoms with Gasteiger partial charge in [0.2, 0.25) is 0 Å². The van der Waals surface area contributed by atoms with Gasteiger partial charge in [-0.1, -0.05) is 30.3 Å². The highest BCUT2D eigenvalue weighted by molar-refractivity contribution is 9.10. The minimum Gasteiger partial charge on any atom is -0.491 e. The number of carbonyl (C=O) groups is 1. The molecule has 24 heavy (non-hydrogen) atoms. The first-order valence-corrected chi connectivity index (χ1v) is 8.64. The monoisotopic (exact) mass is 386 g/mol. The smallest absolute Gasteiger partial charge is 0.269 e. The lowest BCUT2D eigenvalue weighted by molar-refractivity contribution is 0.0946. The molecule has 124 valence electrons.